The van der Waals surface area contributed by atoms with Gasteiger partial charge in [0.05, 0.1) is 18.8 Å². The highest BCUT2D eigenvalue weighted by molar-refractivity contribution is 5.36. The summed E-state index contributed by atoms with van der Waals surface area (Å²) in [6.45, 7) is 0.601. The van der Waals surface area contributed by atoms with E-state index in [1.807, 2.05) is 0 Å². The summed E-state index contributed by atoms with van der Waals surface area (Å²) in [5.41, 5.74) is -0.865. The molecule has 0 amide bonds. The zero-order chi connectivity index (χ0) is 20.7. The van der Waals surface area contributed by atoms with Crippen molar-refractivity contribution in [2.24, 2.45) is 5.41 Å². The molecule has 6 heteroatoms. The SMILES string of the molecule is COC1(c2ccccc2C(F)(F)F)COCC2(CCC(c3ccc(F)cc3)C2)C1. The molecule has 3 atom stereocenters. The summed E-state index contributed by atoms with van der Waals surface area (Å²) in [5.74, 6) is -0.0330. The van der Waals surface area contributed by atoms with Gasteiger partial charge in [0, 0.05) is 7.11 Å². The van der Waals surface area contributed by atoms with Crippen LogP contribution >= 0.6 is 0 Å². The number of methoxy groups -OCH3 is 1. The van der Waals surface area contributed by atoms with Crippen molar-refractivity contribution in [1.82, 2.24) is 0 Å². The van der Waals surface area contributed by atoms with Crippen LogP contribution in [0.4, 0.5) is 17.6 Å². The zero-order valence-electron chi connectivity index (χ0n) is 16.3. The van der Waals surface area contributed by atoms with Crippen LogP contribution in [0, 0.1) is 11.2 Å². The number of halogens is 4. The van der Waals surface area contributed by atoms with E-state index in [1.165, 1.54) is 31.4 Å². The molecule has 1 heterocycles. The van der Waals surface area contributed by atoms with E-state index >= 15 is 0 Å². The Kier molecular flexibility index (Phi) is 5.20. The van der Waals surface area contributed by atoms with E-state index < -0.39 is 17.3 Å². The Hall–Kier alpha value is -1.92. The van der Waals surface area contributed by atoms with E-state index in [1.54, 1.807) is 18.2 Å². The minimum atomic E-state index is -4.46. The van der Waals surface area contributed by atoms with E-state index in [9.17, 15) is 17.6 Å². The second-order valence-electron chi connectivity index (χ2n) is 8.40. The predicted octanol–water partition coefficient (Wildman–Crippen LogP) is 6.06. The van der Waals surface area contributed by atoms with Crippen LogP contribution < -0.4 is 0 Å². The number of hydrogen-bond donors (Lipinski definition) is 0. The highest BCUT2D eigenvalue weighted by Crippen LogP contribution is 2.56. The maximum absolute atomic E-state index is 13.7. The summed E-state index contributed by atoms with van der Waals surface area (Å²) in [7, 11) is 1.46. The van der Waals surface area contributed by atoms with Gasteiger partial charge in [-0.2, -0.15) is 13.2 Å². The minimum Gasteiger partial charge on any atom is -0.378 e. The van der Waals surface area contributed by atoms with Gasteiger partial charge in [-0.1, -0.05) is 30.3 Å². The van der Waals surface area contributed by atoms with E-state index in [0.717, 1.165) is 30.9 Å². The lowest BCUT2D eigenvalue weighted by atomic mass is 9.70. The molecule has 29 heavy (non-hydrogen) atoms. The van der Waals surface area contributed by atoms with E-state index in [2.05, 4.69) is 0 Å². The van der Waals surface area contributed by atoms with Crippen LogP contribution in [0.2, 0.25) is 0 Å². The first-order valence-corrected chi connectivity index (χ1v) is 9.82. The maximum Gasteiger partial charge on any atom is 0.416 e. The van der Waals surface area contributed by atoms with E-state index in [0.29, 0.717) is 13.0 Å². The summed E-state index contributed by atoms with van der Waals surface area (Å²) >= 11 is 0. The monoisotopic (exact) mass is 408 g/mol. The van der Waals surface area contributed by atoms with Gasteiger partial charge in [0.2, 0.25) is 0 Å². The highest BCUT2D eigenvalue weighted by atomic mass is 19.4. The lowest BCUT2D eigenvalue weighted by Crippen LogP contribution is -2.47. The van der Waals surface area contributed by atoms with Crippen LogP contribution in [-0.4, -0.2) is 20.3 Å². The molecule has 3 unspecified atom stereocenters. The maximum atomic E-state index is 13.7. The molecule has 1 aliphatic heterocycles. The van der Waals surface area contributed by atoms with Crippen molar-refractivity contribution in [2.75, 3.05) is 20.3 Å². The molecule has 0 radical (unpaired) electrons. The van der Waals surface area contributed by atoms with Crippen LogP contribution in [0.25, 0.3) is 0 Å². The van der Waals surface area contributed by atoms with Crippen molar-refractivity contribution in [3.05, 3.63) is 71.0 Å². The van der Waals surface area contributed by atoms with Gasteiger partial charge in [-0.05, 0) is 66.3 Å². The topological polar surface area (TPSA) is 18.5 Å². The van der Waals surface area contributed by atoms with Crippen molar-refractivity contribution in [3.8, 4) is 0 Å². The van der Waals surface area contributed by atoms with Crippen LogP contribution in [0.3, 0.4) is 0 Å². The quantitative estimate of drug-likeness (QED) is 0.575. The van der Waals surface area contributed by atoms with Crippen molar-refractivity contribution in [3.63, 3.8) is 0 Å². The Bertz CT molecular complexity index is 864. The first-order valence-electron chi connectivity index (χ1n) is 9.82. The molecule has 2 fully saturated rings. The molecule has 1 saturated carbocycles. The molecular weight excluding hydrogens is 384 g/mol. The molecule has 0 N–H and O–H groups in total. The van der Waals surface area contributed by atoms with Crippen molar-refractivity contribution < 1.29 is 27.0 Å². The second-order valence-corrected chi connectivity index (χ2v) is 8.40. The van der Waals surface area contributed by atoms with Gasteiger partial charge in [-0.25, -0.2) is 4.39 Å². The van der Waals surface area contributed by atoms with Crippen molar-refractivity contribution >= 4 is 0 Å². The Morgan fingerprint density at radius 3 is 2.45 bits per heavy atom. The fourth-order valence-corrected chi connectivity index (χ4v) is 5.20. The number of alkyl halides is 3. The minimum absolute atomic E-state index is 0.0968. The Morgan fingerprint density at radius 1 is 1.03 bits per heavy atom. The molecule has 1 spiro atoms. The third-order valence-electron chi connectivity index (χ3n) is 6.56. The highest BCUT2D eigenvalue weighted by Gasteiger charge is 2.52. The fourth-order valence-electron chi connectivity index (χ4n) is 5.20. The zero-order valence-corrected chi connectivity index (χ0v) is 16.3. The molecule has 4 rings (SSSR count). The first-order chi connectivity index (χ1) is 13.8. The molecule has 156 valence electrons. The second kappa shape index (κ2) is 7.40. The predicted molar refractivity (Wildman–Crippen MR) is 101 cm³/mol. The normalized spacial score (nSPS) is 30.0. The molecule has 2 aromatic carbocycles. The van der Waals surface area contributed by atoms with E-state index in [4.69, 9.17) is 9.47 Å². The Labute approximate surface area is 167 Å². The summed E-state index contributed by atoms with van der Waals surface area (Å²) in [6.07, 6.45) is -1.46. The average molecular weight is 408 g/mol. The Morgan fingerprint density at radius 2 is 1.76 bits per heavy atom. The molecule has 2 aliphatic rings. The van der Waals surface area contributed by atoms with Crippen molar-refractivity contribution in [1.29, 1.82) is 0 Å². The summed E-state index contributed by atoms with van der Waals surface area (Å²) in [6, 6.07) is 12.1. The summed E-state index contributed by atoms with van der Waals surface area (Å²) < 4.78 is 65.9. The van der Waals surface area contributed by atoms with Gasteiger partial charge in [0.1, 0.15) is 11.4 Å². The number of benzene rings is 2. The number of ether oxygens (including phenoxy) is 2. The molecule has 1 aliphatic carbocycles. The largest absolute Gasteiger partial charge is 0.416 e. The fraction of sp³-hybridized carbons (Fsp3) is 0.478. The average Bonchev–Trinajstić information content (AvgIpc) is 3.10. The van der Waals surface area contributed by atoms with Crippen molar-refractivity contribution in [2.45, 2.75) is 43.4 Å². The van der Waals surface area contributed by atoms with Gasteiger partial charge < -0.3 is 9.47 Å². The van der Waals surface area contributed by atoms with Crippen LogP contribution in [0.1, 0.15) is 48.3 Å². The van der Waals surface area contributed by atoms with Crippen LogP contribution in [0.5, 0.6) is 0 Å². The third-order valence-corrected chi connectivity index (χ3v) is 6.56. The van der Waals surface area contributed by atoms with Gasteiger partial charge in [-0.15, -0.1) is 0 Å². The summed E-state index contributed by atoms with van der Waals surface area (Å²) in [4.78, 5) is 0. The third kappa shape index (κ3) is 3.80. The molecule has 0 bridgehead atoms. The number of rotatable bonds is 3. The van der Waals surface area contributed by atoms with Gasteiger partial charge in [0.15, 0.2) is 0 Å². The smallest absolute Gasteiger partial charge is 0.378 e. The van der Waals surface area contributed by atoms with Crippen LogP contribution in [0.15, 0.2) is 48.5 Å². The van der Waals surface area contributed by atoms with Crippen LogP contribution in [-0.2, 0) is 21.3 Å². The number of hydrogen-bond acceptors (Lipinski definition) is 2. The van der Waals surface area contributed by atoms with E-state index in [-0.39, 0.29) is 29.3 Å². The Balaban J connectivity index is 1.64. The standard InChI is InChI=1S/C23H24F4O2/c1-28-22(19-4-2-3-5-20(19)23(25,26)27)13-21(14-29-15-22)11-10-17(12-21)16-6-8-18(24)9-7-16/h2-9,17H,10-15H2,1H3. The molecular formula is C23H24F4O2. The molecule has 2 nitrogen and oxygen atoms in total. The molecule has 0 aromatic heterocycles. The summed E-state index contributed by atoms with van der Waals surface area (Å²) in [5, 5.41) is 0. The lowest BCUT2D eigenvalue weighted by molar-refractivity contribution is -0.173. The van der Waals surface area contributed by atoms with Gasteiger partial charge >= 0.3 is 6.18 Å². The molecule has 1 saturated heterocycles. The van der Waals surface area contributed by atoms with Gasteiger partial charge in [-0.3, -0.25) is 0 Å². The van der Waals surface area contributed by atoms with Gasteiger partial charge in [0.25, 0.3) is 0 Å². The lowest BCUT2D eigenvalue weighted by Gasteiger charge is -2.46. The first kappa shape index (κ1) is 20.4. The molecule has 2 aromatic rings.